The van der Waals surface area contributed by atoms with Crippen molar-refractivity contribution >= 4 is 0 Å². The topological polar surface area (TPSA) is 46.2 Å². The highest BCUT2D eigenvalue weighted by Crippen LogP contribution is 2.59. The van der Waals surface area contributed by atoms with E-state index in [0.29, 0.717) is 6.42 Å². The molecule has 17 heavy (non-hydrogen) atoms. The maximum absolute atomic E-state index is 12.8. The number of rotatable bonds is 3. The van der Waals surface area contributed by atoms with Crippen molar-refractivity contribution in [2.75, 3.05) is 13.2 Å². The van der Waals surface area contributed by atoms with E-state index in [9.17, 15) is 18.3 Å². The Labute approximate surface area is 97.2 Å². The summed E-state index contributed by atoms with van der Waals surface area (Å²) in [6.45, 7) is 0.0424. The third-order valence-electron chi connectivity index (χ3n) is 3.55. The highest BCUT2D eigenvalue weighted by atomic mass is 19.4. The molecule has 1 saturated carbocycles. The van der Waals surface area contributed by atoms with Crippen LogP contribution in [0.1, 0.15) is 23.5 Å². The van der Waals surface area contributed by atoms with E-state index in [0.717, 1.165) is 6.07 Å². The maximum atomic E-state index is 12.8. The molecule has 0 heterocycles. The number of hydrogen-bond acceptors (Lipinski definition) is 2. The zero-order valence-electron chi connectivity index (χ0n) is 9.17. The van der Waals surface area contributed by atoms with Crippen LogP contribution in [0.5, 0.6) is 0 Å². The van der Waals surface area contributed by atoms with Gasteiger partial charge in [0.2, 0.25) is 0 Å². The number of aliphatic hydroxyl groups excluding tert-OH is 1. The number of alkyl halides is 3. The van der Waals surface area contributed by atoms with Crippen LogP contribution in [-0.4, -0.2) is 18.3 Å². The van der Waals surface area contributed by atoms with E-state index in [1.807, 2.05) is 0 Å². The molecule has 2 rings (SSSR count). The molecule has 0 saturated heterocycles. The smallest absolute Gasteiger partial charge is 0.396 e. The molecule has 1 aromatic carbocycles. The molecule has 2 atom stereocenters. The molecule has 1 aliphatic carbocycles. The SMILES string of the molecule is NC[C@@]1(CO)C[C@H]1c1ccccc1C(F)(F)F. The molecule has 0 aromatic heterocycles. The second-order valence-electron chi connectivity index (χ2n) is 4.57. The van der Waals surface area contributed by atoms with E-state index in [2.05, 4.69) is 0 Å². The van der Waals surface area contributed by atoms with Crippen LogP contribution in [0, 0.1) is 5.41 Å². The fraction of sp³-hybridized carbons (Fsp3) is 0.500. The quantitative estimate of drug-likeness (QED) is 0.857. The lowest BCUT2D eigenvalue weighted by Crippen LogP contribution is -2.22. The van der Waals surface area contributed by atoms with Crippen LogP contribution in [0.4, 0.5) is 13.2 Å². The van der Waals surface area contributed by atoms with E-state index in [1.165, 1.54) is 12.1 Å². The Morgan fingerprint density at radius 3 is 2.47 bits per heavy atom. The Hall–Kier alpha value is -1.07. The summed E-state index contributed by atoms with van der Waals surface area (Å²) < 4.78 is 38.4. The first-order valence-electron chi connectivity index (χ1n) is 5.42. The lowest BCUT2D eigenvalue weighted by Gasteiger charge is -2.16. The molecule has 0 unspecified atom stereocenters. The second-order valence-corrected chi connectivity index (χ2v) is 4.57. The summed E-state index contributed by atoms with van der Waals surface area (Å²) in [5, 5.41) is 9.22. The lowest BCUT2D eigenvalue weighted by atomic mass is 9.96. The van der Waals surface area contributed by atoms with Crippen molar-refractivity contribution in [3.05, 3.63) is 35.4 Å². The Kier molecular flexibility index (Phi) is 2.91. The normalized spacial score (nSPS) is 28.2. The van der Waals surface area contributed by atoms with Gasteiger partial charge in [0.05, 0.1) is 12.2 Å². The van der Waals surface area contributed by atoms with Crippen LogP contribution in [0.3, 0.4) is 0 Å². The standard InChI is InChI=1S/C12H14F3NO/c13-12(14,15)9-4-2-1-3-8(9)10-5-11(10,6-16)7-17/h1-4,10,17H,5-7,16H2/t10-,11+/m0/s1. The first kappa shape index (κ1) is 12.4. The first-order chi connectivity index (χ1) is 7.94. The van der Waals surface area contributed by atoms with E-state index in [1.54, 1.807) is 6.07 Å². The molecular weight excluding hydrogens is 231 g/mol. The van der Waals surface area contributed by atoms with Crippen molar-refractivity contribution in [1.82, 2.24) is 0 Å². The molecule has 0 aliphatic heterocycles. The highest BCUT2D eigenvalue weighted by molar-refractivity contribution is 5.39. The molecule has 1 aliphatic rings. The largest absolute Gasteiger partial charge is 0.416 e. The Balaban J connectivity index is 2.36. The minimum atomic E-state index is -4.35. The van der Waals surface area contributed by atoms with Gasteiger partial charge in [0.25, 0.3) is 0 Å². The van der Waals surface area contributed by atoms with Gasteiger partial charge in [0, 0.05) is 12.0 Å². The van der Waals surface area contributed by atoms with Crippen LogP contribution in [0.15, 0.2) is 24.3 Å². The Morgan fingerprint density at radius 1 is 1.35 bits per heavy atom. The van der Waals surface area contributed by atoms with Crippen molar-refractivity contribution in [3.63, 3.8) is 0 Å². The summed E-state index contributed by atoms with van der Waals surface area (Å²) in [6.07, 6.45) is -3.83. The third kappa shape index (κ3) is 2.05. The zero-order chi connectivity index (χ0) is 12.7. The summed E-state index contributed by atoms with van der Waals surface area (Å²) >= 11 is 0. The summed E-state index contributed by atoms with van der Waals surface area (Å²) in [5.74, 6) is -0.282. The zero-order valence-corrected chi connectivity index (χ0v) is 9.17. The Bertz CT molecular complexity index is 412. The molecule has 1 fully saturated rings. The van der Waals surface area contributed by atoms with Crippen molar-refractivity contribution in [2.24, 2.45) is 11.1 Å². The average molecular weight is 245 g/mol. The van der Waals surface area contributed by atoms with Crippen molar-refractivity contribution < 1.29 is 18.3 Å². The van der Waals surface area contributed by atoms with Gasteiger partial charge in [0.1, 0.15) is 0 Å². The number of benzene rings is 1. The van der Waals surface area contributed by atoms with Gasteiger partial charge in [-0.1, -0.05) is 18.2 Å². The Morgan fingerprint density at radius 2 is 2.00 bits per heavy atom. The van der Waals surface area contributed by atoms with E-state index in [4.69, 9.17) is 5.73 Å². The predicted molar refractivity (Wildman–Crippen MR) is 57.4 cm³/mol. The van der Waals surface area contributed by atoms with Crippen LogP contribution in [0.25, 0.3) is 0 Å². The van der Waals surface area contributed by atoms with E-state index < -0.39 is 17.2 Å². The monoisotopic (exact) mass is 245 g/mol. The van der Waals surface area contributed by atoms with Gasteiger partial charge in [-0.15, -0.1) is 0 Å². The third-order valence-corrected chi connectivity index (χ3v) is 3.55. The molecular formula is C12H14F3NO. The summed E-state index contributed by atoms with van der Waals surface area (Å²) in [7, 11) is 0. The van der Waals surface area contributed by atoms with Crippen molar-refractivity contribution in [1.29, 1.82) is 0 Å². The number of halogens is 3. The average Bonchev–Trinajstić information content (AvgIpc) is 3.03. The molecule has 2 nitrogen and oxygen atoms in total. The molecule has 0 bridgehead atoms. The minimum absolute atomic E-state index is 0.166. The summed E-state index contributed by atoms with van der Waals surface area (Å²) in [6, 6.07) is 5.51. The van der Waals surface area contributed by atoms with Gasteiger partial charge in [-0.2, -0.15) is 13.2 Å². The van der Waals surface area contributed by atoms with Gasteiger partial charge in [0.15, 0.2) is 0 Å². The molecule has 3 N–H and O–H groups in total. The molecule has 0 amide bonds. The molecule has 0 radical (unpaired) electrons. The minimum Gasteiger partial charge on any atom is -0.396 e. The van der Waals surface area contributed by atoms with E-state index in [-0.39, 0.29) is 24.6 Å². The predicted octanol–water partition coefficient (Wildman–Crippen LogP) is 2.13. The molecule has 5 heteroatoms. The molecule has 94 valence electrons. The number of aliphatic hydroxyl groups is 1. The van der Waals surface area contributed by atoms with Crippen molar-refractivity contribution in [3.8, 4) is 0 Å². The molecule has 0 spiro atoms. The van der Waals surface area contributed by atoms with Gasteiger partial charge < -0.3 is 10.8 Å². The summed E-state index contributed by atoms with van der Waals surface area (Å²) in [4.78, 5) is 0. The van der Waals surface area contributed by atoms with Gasteiger partial charge in [-0.25, -0.2) is 0 Å². The van der Waals surface area contributed by atoms with Gasteiger partial charge in [-0.05, 0) is 24.0 Å². The second kappa shape index (κ2) is 3.99. The first-order valence-corrected chi connectivity index (χ1v) is 5.42. The number of nitrogens with two attached hydrogens (primary N) is 1. The van der Waals surface area contributed by atoms with E-state index >= 15 is 0 Å². The van der Waals surface area contributed by atoms with Gasteiger partial charge in [-0.3, -0.25) is 0 Å². The summed E-state index contributed by atoms with van der Waals surface area (Å²) in [5.41, 5.74) is 4.60. The van der Waals surface area contributed by atoms with Crippen LogP contribution in [0.2, 0.25) is 0 Å². The van der Waals surface area contributed by atoms with Crippen molar-refractivity contribution in [2.45, 2.75) is 18.5 Å². The molecule has 1 aromatic rings. The van der Waals surface area contributed by atoms with Crippen LogP contribution >= 0.6 is 0 Å². The number of hydrogen-bond donors (Lipinski definition) is 2. The van der Waals surface area contributed by atoms with Crippen LogP contribution in [-0.2, 0) is 6.18 Å². The fourth-order valence-electron chi connectivity index (χ4n) is 2.31. The maximum Gasteiger partial charge on any atom is 0.416 e. The fourth-order valence-corrected chi connectivity index (χ4v) is 2.31. The lowest BCUT2D eigenvalue weighted by molar-refractivity contribution is -0.138. The highest BCUT2D eigenvalue weighted by Gasteiger charge is 2.55. The van der Waals surface area contributed by atoms with Crippen LogP contribution < -0.4 is 5.73 Å². The van der Waals surface area contributed by atoms with Gasteiger partial charge >= 0.3 is 6.18 Å².